The summed E-state index contributed by atoms with van der Waals surface area (Å²) in [6.07, 6.45) is 2.30. The van der Waals surface area contributed by atoms with Gasteiger partial charge in [0.15, 0.2) is 0 Å². The molecule has 1 unspecified atom stereocenters. The quantitative estimate of drug-likeness (QED) is 0.546. The van der Waals surface area contributed by atoms with Crippen molar-refractivity contribution in [2.75, 3.05) is 4.90 Å². The van der Waals surface area contributed by atoms with Crippen LogP contribution in [0.5, 0.6) is 0 Å². The highest BCUT2D eigenvalue weighted by molar-refractivity contribution is 6.03. The molecule has 0 fully saturated rings. The van der Waals surface area contributed by atoms with E-state index < -0.39 is 5.60 Å². The SMILES string of the molecule is CC1(C)C=C2c3cccc4c3C2(O1)c1ccccc1N4c1ccccc1. The van der Waals surface area contributed by atoms with Crippen LogP contribution >= 0.6 is 0 Å². The van der Waals surface area contributed by atoms with E-state index in [0.29, 0.717) is 0 Å². The molecule has 0 bridgehead atoms. The Labute approximate surface area is 153 Å². The maximum Gasteiger partial charge on any atom is 0.149 e. The minimum Gasteiger partial charge on any atom is -0.351 e. The van der Waals surface area contributed by atoms with Crippen molar-refractivity contribution in [2.24, 2.45) is 0 Å². The molecule has 6 rings (SSSR count). The lowest BCUT2D eigenvalue weighted by Crippen LogP contribution is -2.45. The van der Waals surface area contributed by atoms with Gasteiger partial charge in [0.05, 0.1) is 17.0 Å². The van der Waals surface area contributed by atoms with Crippen LogP contribution in [0.25, 0.3) is 5.57 Å². The van der Waals surface area contributed by atoms with Crippen molar-refractivity contribution in [3.63, 3.8) is 0 Å². The number of nitrogens with zero attached hydrogens (tertiary/aromatic N) is 1. The van der Waals surface area contributed by atoms with Gasteiger partial charge in [-0.3, -0.25) is 0 Å². The highest BCUT2D eigenvalue weighted by Gasteiger charge is 2.61. The summed E-state index contributed by atoms with van der Waals surface area (Å²) < 4.78 is 6.73. The standard InChI is InChI=1S/C24H19NO/c1-23(2)15-19-17-11-8-14-21-22(17)24(19,26-23)18-12-6-7-13-20(18)25(21)16-9-4-3-5-10-16/h3-15H,1-2H3. The Morgan fingerprint density at radius 1 is 0.769 bits per heavy atom. The molecule has 0 saturated heterocycles. The van der Waals surface area contributed by atoms with Gasteiger partial charge in [-0.25, -0.2) is 0 Å². The molecule has 2 heterocycles. The summed E-state index contributed by atoms with van der Waals surface area (Å²) >= 11 is 0. The molecule has 2 nitrogen and oxygen atoms in total. The summed E-state index contributed by atoms with van der Waals surface area (Å²) in [6, 6.07) is 25.9. The van der Waals surface area contributed by atoms with E-state index in [-0.39, 0.29) is 5.60 Å². The van der Waals surface area contributed by atoms with Gasteiger partial charge in [0, 0.05) is 16.8 Å². The van der Waals surface area contributed by atoms with E-state index >= 15 is 0 Å². The van der Waals surface area contributed by atoms with Gasteiger partial charge in [0.25, 0.3) is 0 Å². The summed E-state index contributed by atoms with van der Waals surface area (Å²) in [6.45, 7) is 4.30. The van der Waals surface area contributed by atoms with Crippen molar-refractivity contribution in [1.29, 1.82) is 0 Å². The zero-order chi connectivity index (χ0) is 17.5. The van der Waals surface area contributed by atoms with Gasteiger partial charge in [-0.15, -0.1) is 0 Å². The first kappa shape index (κ1) is 14.3. The number of benzene rings is 3. The van der Waals surface area contributed by atoms with Crippen molar-refractivity contribution in [2.45, 2.75) is 25.0 Å². The van der Waals surface area contributed by atoms with Crippen LogP contribution in [0.4, 0.5) is 17.1 Å². The molecule has 26 heavy (non-hydrogen) atoms. The topological polar surface area (TPSA) is 12.5 Å². The second-order valence-electron chi connectivity index (χ2n) is 7.83. The van der Waals surface area contributed by atoms with Gasteiger partial charge in [-0.05, 0) is 55.3 Å². The molecule has 1 spiro atoms. The Kier molecular flexibility index (Phi) is 2.46. The van der Waals surface area contributed by atoms with Crippen molar-refractivity contribution in [1.82, 2.24) is 0 Å². The molecule has 0 aromatic heterocycles. The normalized spacial score (nSPS) is 23.5. The molecule has 0 saturated carbocycles. The molecule has 126 valence electrons. The fourth-order valence-corrected chi connectivity index (χ4v) is 4.93. The lowest BCUT2D eigenvalue weighted by molar-refractivity contribution is -0.0516. The van der Waals surface area contributed by atoms with E-state index in [9.17, 15) is 0 Å². The first-order chi connectivity index (χ1) is 12.6. The lowest BCUT2D eigenvalue weighted by atomic mass is 9.63. The van der Waals surface area contributed by atoms with E-state index in [2.05, 4.69) is 97.6 Å². The van der Waals surface area contributed by atoms with Crippen LogP contribution in [0, 0.1) is 0 Å². The van der Waals surface area contributed by atoms with Crippen LogP contribution in [0.15, 0.2) is 78.9 Å². The predicted molar refractivity (Wildman–Crippen MR) is 105 cm³/mol. The third kappa shape index (κ3) is 1.52. The Bertz CT molecular complexity index is 1100. The zero-order valence-electron chi connectivity index (χ0n) is 14.9. The summed E-state index contributed by atoms with van der Waals surface area (Å²) in [5.74, 6) is 0. The Morgan fingerprint density at radius 2 is 1.50 bits per heavy atom. The molecule has 2 heteroatoms. The van der Waals surface area contributed by atoms with E-state index in [1.807, 2.05) is 0 Å². The number of hydrogen-bond acceptors (Lipinski definition) is 2. The Hall–Kier alpha value is -2.84. The molecule has 2 aliphatic heterocycles. The van der Waals surface area contributed by atoms with Gasteiger partial charge < -0.3 is 9.64 Å². The maximum absolute atomic E-state index is 6.73. The van der Waals surface area contributed by atoms with Gasteiger partial charge >= 0.3 is 0 Å². The van der Waals surface area contributed by atoms with E-state index in [1.54, 1.807) is 0 Å². The summed E-state index contributed by atoms with van der Waals surface area (Å²) in [5.41, 5.74) is 8.10. The minimum absolute atomic E-state index is 0.270. The smallest absolute Gasteiger partial charge is 0.149 e. The number of ether oxygens (including phenoxy) is 1. The molecular weight excluding hydrogens is 318 g/mol. The van der Waals surface area contributed by atoms with Gasteiger partial charge in [-0.2, -0.15) is 0 Å². The molecule has 0 amide bonds. The molecule has 0 N–H and O–H groups in total. The highest BCUT2D eigenvalue weighted by Crippen LogP contribution is 2.68. The molecule has 3 aromatic rings. The van der Waals surface area contributed by atoms with Crippen molar-refractivity contribution in [3.05, 3.63) is 95.6 Å². The van der Waals surface area contributed by atoms with Crippen LogP contribution in [0.2, 0.25) is 0 Å². The molecule has 0 radical (unpaired) electrons. The zero-order valence-corrected chi connectivity index (χ0v) is 14.9. The lowest BCUT2D eigenvalue weighted by Gasteiger charge is -2.51. The van der Waals surface area contributed by atoms with Crippen molar-refractivity contribution >= 4 is 22.6 Å². The number of rotatable bonds is 1. The Balaban J connectivity index is 1.71. The fourth-order valence-electron chi connectivity index (χ4n) is 4.93. The average molecular weight is 337 g/mol. The highest BCUT2D eigenvalue weighted by atomic mass is 16.5. The van der Waals surface area contributed by atoms with E-state index in [4.69, 9.17) is 4.74 Å². The third-order valence-corrected chi connectivity index (χ3v) is 5.75. The van der Waals surface area contributed by atoms with Crippen molar-refractivity contribution < 1.29 is 4.74 Å². The van der Waals surface area contributed by atoms with E-state index in [0.717, 1.165) is 0 Å². The van der Waals surface area contributed by atoms with Gasteiger partial charge in [0.2, 0.25) is 0 Å². The van der Waals surface area contributed by atoms with Crippen LogP contribution < -0.4 is 4.90 Å². The number of hydrogen-bond donors (Lipinski definition) is 0. The molecule has 1 aliphatic carbocycles. The number of anilines is 3. The second-order valence-corrected chi connectivity index (χ2v) is 7.83. The second kappa shape index (κ2) is 4.46. The number of para-hydroxylation sites is 2. The largest absolute Gasteiger partial charge is 0.351 e. The first-order valence-corrected chi connectivity index (χ1v) is 9.14. The fraction of sp³-hybridized carbons (Fsp3) is 0.167. The molecular formula is C24H19NO. The predicted octanol–water partition coefficient (Wildman–Crippen LogP) is 5.92. The minimum atomic E-state index is -0.419. The molecule has 1 atom stereocenters. The first-order valence-electron chi connectivity index (χ1n) is 9.14. The van der Waals surface area contributed by atoms with Crippen LogP contribution in [0.1, 0.15) is 30.5 Å². The van der Waals surface area contributed by atoms with Crippen LogP contribution in [-0.4, -0.2) is 5.60 Å². The summed E-state index contributed by atoms with van der Waals surface area (Å²) in [5, 5.41) is 0. The van der Waals surface area contributed by atoms with Crippen molar-refractivity contribution in [3.8, 4) is 0 Å². The summed E-state index contributed by atoms with van der Waals surface area (Å²) in [7, 11) is 0. The summed E-state index contributed by atoms with van der Waals surface area (Å²) in [4.78, 5) is 2.37. The average Bonchev–Trinajstić information content (AvgIpc) is 2.89. The third-order valence-electron chi connectivity index (χ3n) is 5.75. The van der Waals surface area contributed by atoms with Crippen LogP contribution in [-0.2, 0) is 10.3 Å². The van der Waals surface area contributed by atoms with E-state index in [1.165, 1.54) is 39.3 Å². The van der Waals surface area contributed by atoms with Gasteiger partial charge in [0.1, 0.15) is 5.60 Å². The van der Waals surface area contributed by atoms with Gasteiger partial charge in [-0.1, -0.05) is 48.5 Å². The molecule has 3 aliphatic rings. The number of fused-ring (bicyclic) bond motifs is 2. The monoisotopic (exact) mass is 337 g/mol. The Morgan fingerprint density at radius 3 is 2.35 bits per heavy atom. The van der Waals surface area contributed by atoms with Crippen LogP contribution in [0.3, 0.4) is 0 Å². The maximum atomic E-state index is 6.73. The molecule has 3 aromatic carbocycles.